The maximum atomic E-state index is 12.7. The van der Waals surface area contributed by atoms with Crippen LogP contribution in [0.3, 0.4) is 0 Å². The van der Waals surface area contributed by atoms with Crippen molar-refractivity contribution in [2.75, 3.05) is 0 Å². The average Bonchev–Trinajstić information content (AvgIpc) is 2.65. The predicted octanol–water partition coefficient (Wildman–Crippen LogP) is 5.34. The molecule has 0 amide bonds. The van der Waals surface area contributed by atoms with Crippen molar-refractivity contribution in [2.24, 2.45) is 5.41 Å². The Labute approximate surface area is 173 Å². The maximum Gasteiger partial charge on any atom is 0.338 e. The van der Waals surface area contributed by atoms with E-state index < -0.39 is 12.1 Å². The second-order valence-corrected chi connectivity index (χ2v) is 8.51. The van der Waals surface area contributed by atoms with Gasteiger partial charge in [0.15, 0.2) is 0 Å². The number of aromatic hydroxyl groups is 1. The van der Waals surface area contributed by atoms with Crippen molar-refractivity contribution >= 4 is 11.9 Å². The number of allylic oxidation sites excluding steroid dienone is 1. The summed E-state index contributed by atoms with van der Waals surface area (Å²) >= 11 is 0. The molecule has 0 heterocycles. The van der Waals surface area contributed by atoms with Gasteiger partial charge in [0.05, 0.1) is 5.56 Å². The largest absolute Gasteiger partial charge is 0.508 e. The van der Waals surface area contributed by atoms with E-state index >= 15 is 0 Å². The van der Waals surface area contributed by atoms with E-state index in [1.165, 1.54) is 24.6 Å². The van der Waals surface area contributed by atoms with Crippen molar-refractivity contribution in [3.63, 3.8) is 0 Å². The molecule has 0 unspecified atom stereocenters. The molecule has 0 bridgehead atoms. The minimum absolute atomic E-state index is 0.0969. The summed E-state index contributed by atoms with van der Waals surface area (Å²) in [6, 6.07) is 6.01. The Morgan fingerprint density at radius 3 is 2.38 bits per heavy atom. The molecule has 5 nitrogen and oxygen atoms in total. The molecule has 2 rings (SSSR count). The lowest BCUT2D eigenvalue weighted by Gasteiger charge is -2.33. The summed E-state index contributed by atoms with van der Waals surface area (Å²) in [7, 11) is 0. The Kier molecular flexibility index (Phi) is 7.66. The number of phenolic OH excluding ortho intramolecular Hbond substituents is 1. The first-order valence-corrected chi connectivity index (χ1v) is 10.1. The number of hydrogen-bond donors (Lipinski definition) is 1. The van der Waals surface area contributed by atoms with Gasteiger partial charge >= 0.3 is 11.9 Å². The quantitative estimate of drug-likeness (QED) is 0.547. The average molecular weight is 401 g/mol. The van der Waals surface area contributed by atoms with Crippen LogP contribution in [0, 0.1) is 5.41 Å². The number of hydrogen-bond acceptors (Lipinski definition) is 5. The van der Waals surface area contributed by atoms with Crippen LogP contribution < -0.4 is 0 Å². The van der Waals surface area contributed by atoms with E-state index in [2.05, 4.69) is 26.8 Å². The van der Waals surface area contributed by atoms with Gasteiger partial charge in [-0.3, -0.25) is 4.79 Å². The van der Waals surface area contributed by atoms with Crippen molar-refractivity contribution in [1.82, 2.24) is 0 Å². The van der Waals surface area contributed by atoms with Crippen LogP contribution in [0.25, 0.3) is 0 Å². The molecule has 0 aromatic heterocycles. The first-order valence-electron chi connectivity index (χ1n) is 10.1. The van der Waals surface area contributed by atoms with Crippen LogP contribution in [0.5, 0.6) is 5.75 Å². The zero-order valence-corrected chi connectivity index (χ0v) is 18.0. The minimum atomic E-state index is -0.472. The number of carbonyl (C=O) groups is 2. The summed E-state index contributed by atoms with van der Waals surface area (Å²) in [6.45, 7) is 9.58. The highest BCUT2D eigenvalue weighted by molar-refractivity contribution is 5.89. The molecule has 0 saturated heterocycles. The van der Waals surface area contributed by atoms with Gasteiger partial charge < -0.3 is 14.6 Å². The number of phenols is 1. The van der Waals surface area contributed by atoms with Gasteiger partial charge in [0, 0.05) is 18.8 Å². The lowest BCUT2D eigenvalue weighted by Crippen LogP contribution is -2.33. The number of rotatable bonds is 3. The highest BCUT2D eigenvalue weighted by Gasteiger charge is 2.32. The van der Waals surface area contributed by atoms with Gasteiger partial charge in [-0.1, -0.05) is 25.5 Å². The standard InChI is InChI=1S/C24H32O5/c1-16-7-6-14-24(4,5)22(15-17(2)21(13-8-16)28-18(3)25)29-23(27)19-9-11-20(26)12-10-19/h8-12,15,21-22,26H,6-7,13-14H2,1-5H3/b16-8-,17-15+/t21-,22-/m1/s1. The van der Waals surface area contributed by atoms with Crippen molar-refractivity contribution in [3.05, 3.63) is 53.1 Å². The van der Waals surface area contributed by atoms with Crippen LogP contribution in [0.2, 0.25) is 0 Å². The summed E-state index contributed by atoms with van der Waals surface area (Å²) in [6.07, 6.45) is 6.61. The Balaban J connectivity index is 2.34. The van der Waals surface area contributed by atoms with Crippen molar-refractivity contribution in [3.8, 4) is 5.75 Å². The van der Waals surface area contributed by atoms with Crippen molar-refractivity contribution in [1.29, 1.82) is 0 Å². The molecule has 1 N–H and O–H groups in total. The van der Waals surface area contributed by atoms with Gasteiger partial charge in [-0.15, -0.1) is 0 Å². The number of benzene rings is 1. The van der Waals surface area contributed by atoms with E-state index in [1.54, 1.807) is 12.1 Å². The van der Waals surface area contributed by atoms with Crippen LogP contribution in [0.15, 0.2) is 47.6 Å². The maximum absolute atomic E-state index is 12.7. The zero-order chi connectivity index (χ0) is 21.6. The molecule has 1 aliphatic rings. The smallest absolute Gasteiger partial charge is 0.338 e. The second kappa shape index (κ2) is 9.77. The van der Waals surface area contributed by atoms with E-state index in [1.807, 2.05) is 13.0 Å². The third-order valence-corrected chi connectivity index (χ3v) is 5.41. The SMILES string of the molecule is CC(=O)O[C@@H]1C/C=C(/C)CCCC(C)(C)[C@H](OC(=O)c2ccc(O)cc2)/C=C/1C. The molecule has 0 fully saturated rings. The molecule has 1 aromatic rings. The highest BCUT2D eigenvalue weighted by atomic mass is 16.5. The first-order chi connectivity index (χ1) is 13.6. The molecule has 0 spiro atoms. The Hall–Kier alpha value is -2.56. The summed E-state index contributed by atoms with van der Waals surface area (Å²) < 4.78 is 11.4. The predicted molar refractivity (Wildman–Crippen MR) is 113 cm³/mol. The number of carbonyl (C=O) groups excluding carboxylic acids is 2. The normalized spacial score (nSPS) is 26.1. The van der Waals surface area contributed by atoms with E-state index in [0.717, 1.165) is 24.8 Å². The number of ether oxygens (including phenoxy) is 2. The monoisotopic (exact) mass is 400 g/mol. The van der Waals surface area contributed by atoms with Gasteiger partial charge in [0.1, 0.15) is 18.0 Å². The summed E-state index contributed by atoms with van der Waals surface area (Å²) in [5, 5.41) is 9.45. The Morgan fingerprint density at radius 2 is 1.76 bits per heavy atom. The van der Waals surface area contributed by atoms with E-state index in [-0.39, 0.29) is 23.2 Å². The second-order valence-electron chi connectivity index (χ2n) is 8.51. The van der Waals surface area contributed by atoms with Crippen LogP contribution in [0.1, 0.15) is 70.7 Å². The Morgan fingerprint density at radius 1 is 1.10 bits per heavy atom. The fourth-order valence-electron chi connectivity index (χ4n) is 3.45. The summed E-state index contributed by atoms with van der Waals surface area (Å²) in [5.74, 6) is -0.680. The highest BCUT2D eigenvalue weighted by Crippen LogP contribution is 2.34. The molecule has 1 aliphatic carbocycles. The fraction of sp³-hybridized carbons (Fsp3) is 0.500. The fourth-order valence-corrected chi connectivity index (χ4v) is 3.45. The summed E-state index contributed by atoms with van der Waals surface area (Å²) in [5.41, 5.74) is 2.22. The van der Waals surface area contributed by atoms with Gasteiger partial charge in [-0.25, -0.2) is 4.79 Å². The Bertz CT molecular complexity index is 786. The lowest BCUT2D eigenvalue weighted by molar-refractivity contribution is -0.144. The lowest BCUT2D eigenvalue weighted by atomic mass is 9.80. The third kappa shape index (κ3) is 6.77. The topological polar surface area (TPSA) is 72.8 Å². The van der Waals surface area contributed by atoms with Gasteiger partial charge in [-0.05, 0) is 69.0 Å². The van der Waals surface area contributed by atoms with E-state index in [0.29, 0.717) is 12.0 Å². The summed E-state index contributed by atoms with van der Waals surface area (Å²) in [4.78, 5) is 24.3. The van der Waals surface area contributed by atoms with Crippen molar-refractivity contribution < 1.29 is 24.2 Å². The molecule has 5 heteroatoms. The minimum Gasteiger partial charge on any atom is -0.508 e. The molecular weight excluding hydrogens is 368 g/mol. The van der Waals surface area contributed by atoms with E-state index in [4.69, 9.17) is 9.47 Å². The van der Waals surface area contributed by atoms with Crippen LogP contribution in [0.4, 0.5) is 0 Å². The molecule has 0 aliphatic heterocycles. The van der Waals surface area contributed by atoms with E-state index in [9.17, 15) is 14.7 Å². The van der Waals surface area contributed by atoms with Gasteiger partial charge in [0.2, 0.25) is 0 Å². The molecular formula is C24H32O5. The number of esters is 2. The molecule has 0 saturated carbocycles. The van der Waals surface area contributed by atoms with Crippen LogP contribution in [-0.4, -0.2) is 29.3 Å². The molecule has 29 heavy (non-hydrogen) atoms. The zero-order valence-electron chi connectivity index (χ0n) is 18.0. The molecule has 2 atom stereocenters. The van der Waals surface area contributed by atoms with Gasteiger partial charge in [-0.2, -0.15) is 0 Å². The van der Waals surface area contributed by atoms with Crippen molar-refractivity contribution in [2.45, 2.75) is 72.5 Å². The molecule has 0 radical (unpaired) electrons. The molecule has 1 aromatic carbocycles. The van der Waals surface area contributed by atoms with Crippen LogP contribution >= 0.6 is 0 Å². The van der Waals surface area contributed by atoms with Gasteiger partial charge in [0.25, 0.3) is 0 Å². The third-order valence-electron chi connectivity index (χ3n) is 5.41. The van der Waals surface area contributed by atoms with Crippen LogP contribution in [-0.2, 0) is 14.3 Å². The first kappa shape index (κ1) is 22.7. The molecule has 158 valence electrons.